The fourth-order valence-electron chi connectivity index (χ4n) is 2.02. The Morgan fingerprint density at radius 2 is 1.74 bits per heavy atom. The molecule has 3 N–H and O–H groups in total. The fraction of sp³-hybridized carbons (Fsp3) is 0.143. The first kappa shape index (κ1) is 11.7. The smallest absolute Gasteiger partial charge is 0.160 e. The molecule has 0 aliphatic heterocycles. The number of rotatable bonds is 3. The summed E-state index contributed by atoms with van der Waals surface area (Å²) in [4.78, 5) is 0. The van der Waals surface area contributed by atoms with Gasteiger partial charge in [-0.25, -0.2) is 0 Å². The molecule has 0 radical (unpaired) electrons. The van der Waals surface area contributed by atoms with Gasteiger partial charge in [-0.15, -0.1) is 10.2 Å². The van der Waals surface area contributed by atoms with Crippen LogP contribution in [-0.2, 0) is 13.0 Å². The molecule has 2 heterocycles. The molecular formula is C14H14N4O. The molecule has 0 amide bonds. The maximum absolute atomic E-state index is 9.28. The second-order valence-corrected chi connectivity index (χ2v) is 4.43. The van der Waals surface area contributed by atoms with Gasteiger partial charge in [0.25, 0.3) is 0 Å². The van der Waals surface area contributed by atoms with Gasteiger partial charge in [-0.3, -0.25) is 4.40 Å². The number of benzene rings is 1. The lowest BCUT2D eigenvalue weighted by molar-refractivity contribution is 0.475. The summed E-state index contributed by atoms with van der Waals surface area (Å²) < 4.78 is 1.95. The number of aromatic nitrogens is 3. The van der Waals surface area contributed by atoms with Gasteiger partial charge in [0.2, 0.25) is 0 Å². The van der Waals surface area contributed by atoms with Crippen molar-refractivity contribution in [2.45, 2.75) is 13.0 Å². The van der Waals surface area contributed by atoms with E-state index in [4.69, 9.17) is 5.73 Å². The highest BCUT2D eigenvalue weighted by atomic mass is 16.3. The Bertz CT molecular complexity index is 703. The first-order chi connectivity index (χ1) is 9.26. The topological polar surface area (TPSA) is 76.4 Å². The van der Waals surface area contributed by atoms with Crippen LogP contribution in [0, 0.1) is 0 Å². The Morgan fingerprint density at radius 1 is 1.00 bits per heavy atom. The SMILES string of the molecule is NCc1ccc2nnc(Cc3ccc(O)cc3)n2c1. The molecule has 96 valence electrons. The van der Waals surface area contributed by atoms with Crippen LogP contribution in [0.3, 0.4) is 0 Å². The Hall–Kier alpha value is -2.40. The van der Waals surface area contributed by atoms with Crippen molar-refractivity contribution >= 4 is 5.65 Å². The van der Waals surface area contributed by atoms with E-state index in [1.54, 1.807) is 12.1 Å². The largest absolute Gasteiger partial charge is 0.508 e. The van der Waals surface area contributed by atoms with Crippen LogP contribution in [0.1, 0.15) is 17.0 Å². The summed E-state index contributed by atoms with van der Waals surface area (Å²) in [7, 11) is 0. The summed E-state index contributed by atoms with van der Waals surface area (Å²) in [5.74, 6) is 1.12. The number of hydrogen-bond donors (Lipinski definition) is 2. The molecule has 0 bridgehead atoms. The Kier molecular flexibility index (Phi) is 2.89. The van der Waals surface area contributed by atoms with Crippen LogP contribution in [0.2, 0.25) is 0 Å². The first-order valence-corrected chi connectivity index (χ1v) is 6.07. The molecule has 0 atom stereocenters. The molecular weight excluding hydrogens is 240 g/mol. The normalized spacial score (nSPS) is 11.0. The third-order valence-electron chi connectivity index (χ3n) is 3.07. The van der Waals surface area contributed by atoms with Crippen LogP contribution in [0.15, 0.2) is 42.6 Å². The lowest BCUT2D eigenvalue weighted by atomic mass is 10.1. The van der Waals surface area contributed by atoms with Gasteiger partial charge in [-0.1, -0.05) is 18.2 Å². The summed E-state index contributed by atoms with van der Waals surface area (Å²) in [5, 5.41) is 17.6. The highest BCUT2D eigenvalue weighted by Gasteiger charge is 2.06. The summed E-state index contributed by atoms with van der Waals surface area (Å²) in [6.07, 6.45) is 2.63. The van der Waals surface area contributed by atoms with E-state index in [0.29, 0.717) is 13.0 Å². The second kappa shape index (κ2) is 4.70. The molecule has 1 aromatic carbocycles. The Balaban J connectivity index is 1.98. The van der Waals surface area contributed by atoms with Crippen molar-refractivity contribution in [3.05, 3.63) is 59.5 Å². The molecule has 0 spiro atoms. The van der Waals surface area contributed by atoms with Gasteiger partial charge in [0.1, 0.15) is 11.6 Å². The number of fused-ring (bicyclic) bond motifs is 1. The Labute approximate surface area is 110 Å². The summed E-state index contributed by atoms with van der Waals surface area (Å²) in [5.41, 5.74) is 8.57. The van der Waals surface area contributed by atoms with Crippen LogP contribution in [0.25, 0.3) is 5.65 Å². The van der Waals surface area contributed by atoms with E-state index >= 15 is 0 Å². The molecule has 3 aromatic rings. The molecule has 5 nitrogen and oxygen atoms in total. The van der Waals surface area contributed by atoms with E-state index < -0.39 is 0 Å². The summed E-state index contributed by atoms with van der Waals surface area (Å²) in [6.45, 7) is 0.493. The van der Waals surface area contributed by atoms with Gasteiger partial charge < -0.3 is 10.8 Å². The molecule has 0 saturated heterocycles. The molecule has 2 aromatic heterocycles. The van der Waals surface area contributed by atoms with Gasteiger partial charge >= 0.3 is 0 Å². The average molecular weight is 254 g/mol. The third kappa shape index (κ3) is 2.28. The second-order valence-electron chi connectivity index (χ2n) is 4.43. The molecule has 0 aliphatic carbocycles. The highest BCUT2D eigenvalue weighted by Crippen LogP contribution is 2.14. The third-order valence-corrected chi connectivity index (χ3v) is 3.07. The van der Waals surface area contributed by atoms with Crippen molar-refractivity contribution in [2.75, 3.05) is 0 Å². The van der Waals surface area contributed by atoms with Crippen molar-refractivity contribution in [1.29, 1.82) is 0 Å². The maximum Gasteiger partial charge on any atom is 0.160 e. The zero-order valence-corrected chi connectivity index (χ0v) is 10.3. The number of aromatic hydroxyl groups is 1. The quantitative estimate of drug-likeness (QED) is 0.742. The van der Waals surface area contributed by atoms with Crippen LogP contribution in [-0.4, -0.2) is 19.7 Å². The van der Waals surface area contributed by atoms with Crippen molar-refractivity contribution in [3.63, 3.8) is 0 Å². The van der Waals surface area contributed by atoms with Gasteiger partial charge in [-0.2, -0.15) is 0 Å². The number of phenols is 1. The number of nitrogens with two attached hydrogens (primary N) is 1. The van der Waals surface area contributed by atoms with Crippen molar-refractivity contribution in [1.82, 2.24) is 14.6 Å². The summed E-state index contributed by atoms with van der Waals surface area (Å²) >= 11 is 0. The van der Waals surface area contributed by atoms with E-state index in [9.17, 15) is 5.11 Å². The highest BCUT2D eigenvalue weighted by molar-refractivity contribution is 5.40. The van der Waals surface area contributed by atoms with Crippen molar-refractivity contribution in [2.24, 2.45) is 5.73 Å². The van der Waals surface area contributed by atoms with Crippen LogP contribution >= 0.6 is 0 Å². The average Bonchev–Trinajstić information content (AvgIpc) is 2.84. The maximum atomic E-state index is 9.28. The molecule has 3 rings (SSSR count). The lowest BCUT2D eigenvalue weighted by Gasteiger charge is -2.03. The Morgan fingerprint density at radius 3 is 2.47 bits per heavy atom. The van der Waals surface area contributed by atoms with Crippen molar-refractivity contribution < 1.29 is 5.11 Å². The fourth-order valence-corrected chi connectivity index (χ4v) is 2.02. The lowest BCUT2D eigenvalue weighted by Crippen LogP contribution is -2.01. The van der Waals surface area contributed by atoms with E-state index in [1.165, 1.54) is 0 Å². The van der Waals surface area contributed by atoms with Crippen molar-refractivity contribution in [3.8, 4) is 5.75 Å². The molecule has 0 fully saturated rings. The van der Waals surface area contributed by atoms with Crippen LogP contribution < -0.4 is 5.73 Å². The van der Waals surface area contributed by atoms with Gasteiger partial charge in [0.05, 0.1) is 0 Å². The molecule has 0 aliphatic rings. The predicted octanol–water partition coefficient (Wildman–Crippen LogP) is 1.48. The minimum Gasteiger partial charge on any atom is -0.508 e. The summed E-state index contributed by atoms with van der Waals surface area (Å²) in [6, 6.07) is 11.0. The number of nitrogens with zero attached hydrogens (tertiary/aromatic N) is 3. The van der Waals surface area contributed by atoms with Gasteiger partial charge in [-0.05, 0) is 29.3 Å². The first-order valence-electron chi connectivity index (χ1n) is 6.07. The number of phenolic OH excluding ortho intramolecular Hbond substituents is 1. The standard InChI is InChI=1S/C14H14N4O/c15-8-11-3-6-13-16-17-14(18(13)9-11)7-10-1-4-12(19)5-2-10/h1-6,9,19H,7-8,15H2. The monoisotopic (exact) mass is 254 g/mol. The minimum absolute atomic E-state index is 0.264. The predicted molar refractivity (Wildman–Crippen MR) is 71.8 cm³/mol. The zero-order valence-electron chi connectivity index (χ0n) is 10.3. The minimum atomic E-state index is 0.264. The molecule has 19 heavy (non-hydrogen) atoms. The molecule has 0 saturated carbocycles. The molecule has 5 heteroatoms. The van der Waals surface area contributed by atoms with E-state index in [1.807, 2.05) is 34.9 Å². The van der Waals surface area contributed by atoms with E-state index in [0.717, 1.165) is 22.6 Å². The van der Waals surface area contributed by atoms with Crippen LogP contribution in [0.4, 0.5) is 0 Å². The van der Waals surface area contributed by atoms with E-state index in [-0.39, 0.29) is 5.75 Å². The van der Waals surface area contributed by atoms with E-state index in [2.05, 4.69) is 10.2 Å². The number of pyridine rings is 1. The van der Waals surface area contributed by atoms with Gasteiger partial charge in [0, 0.05) is 19.2 Å². The van der Waals surface area contributed by atoms with Gasteiger partial charge in [0.15, 0.2) is 5.65 Å². The molecule has 0 unspecified atom stereocenters. The van der Waals surface area contributed by atoms with Crippen LogP contribution in [0.5, 0.6) is 5.75 Å². The number of hydrogen-bond acceptors (Lipinski definition) is 4. The zero-order chi connectivity index (χ0) is 13.2.